The fourth-order valence-electron chi connectivity index (χ4n) is 13.8. The van der Waals surface area contributed by atoms with Gasteiger partial charge in [0.2, 0.25) is 0 Å². The Morgan fingerprint density at radius 1 is 0.258 bits per heavy atom. The van der Waals surface area contributed by atoms with Crippen molar-refractivity contribution in [1.29, 1.82) is 0 Å². The molecule has 0 spiro atoms. The Bertz CT molecular complexity index is 1520. The van der Waals surface area contributed by atoms with Crippen LogP contribution in [0.5, 0.6) is 0 Å². The Labute approximate surface area is 586 Å². The fraction of sp³-hybridized carbons (Fsp3) is 0.864. The lowest BCUT2D eigenvalue weighted by atomic mass is 10.1. The number of unbranched alkanes of at least 4 members (excludes halogenated alkanes) is 45. The number of nitrogens with zero attached hydrogens (tertiary/aromatic N) is 4. The molecule has 5 heteroatoms. The minimum absolute atomic E-state index is 0.584. The van der Waals surface area contributed by atoms with Crippen molar-refractivity contribution in [3.8, 4) is 0 Å². The van der Waals surface area contributed by atoms with E-state index < -0.39 is 0 Å². The van der Waals surface area contributed by atoms with Crippen LogP contribution in [0.4, 0.5) is 0 Å². The van der Waals surface area contributed by atoms with Gasteiger partial charge in [-0.05, 0) is 174 Å². The Morgan fingerprint density at radius 2 is 0.505 bits per heavy atom. The summed E-state index contributed by atoms with van der Waals surface area (Å²) in [5.41, 5.74) is 0. The number of allylic oxidation sites excluding steroid dienone is 12. The molecule has 93 heavy (non-hydrogen) atoms. The molecule has 1 N–H and O–H groups in total. The maximum atomic E-state index is 4.26. The standard InChI is InChI=1S/C88H169N5/c1-6-11-16-21-26-31-36-39-42-45-48-51-54-59-64-69-75-89-88(74-80-91-82-85-92(86-83-91)84-81-90(76-70-65-60-55-34-29-24-19-14-9-4)77-71-66-61-56-35-30-25-20-15-10-5)87-93(78-72-67-62-57-52-49-46-43-40-37-32-27-22-17-12-7-2)79-73-68-63-58-53-50-47-44-41-38-33-28-23-18-13-8-3/h26-28,31-33,39-44,88-89H,6-25,29-30,34-38,45-87H2,1-5H3/b31-26-,32-27-,33-28-,42-39-,43-40-,44-41-. The second kappa shape index (κ2) is 77.6. The number of hydrogen-bond donors (Lipinski definition) is 1. The van der Waals surface area contributed by atoms with Crippen LogP contribution in [0.3, 0.4) is 0 Å². The summed E-state index contributed by atoms with van der Waals surface area (Å²) in [6, 6.07) is 0.584. The summed E-state index contributed by atoms with van der Waals surface area (Å²) in [5.74, 6) is 0. The van der Waals surface area contributed by atoms with E-state index in [1.54, 1.807) is 0 Å². The van der Waals surface area contributed by atoms with Gasteiger partial charge in [-0.2, -0.15) is 0 Å². The Kier molecular flexibility index (Phi) is 74.5. The van der Waals surface area contributed by atoms with Crippen LogP contribution < -0.4 is 5.32 Å². The zero-order valence-corrected chi connectivity index (χ0v) is 64.3. The van der Waals surface area contributed by atoms with Crippen LogP contribution in [0, 0.1) is 0 Å². The van der Waals surface area contributed by atoms with E-state index in [1.165, 1.54) is 432 Å². The highest BCUT2D eigenvalue weighted by Crippen LogP contribution is 2.18. The van der Waals surface area contributed by atoms with E-state index >= 15 is 0 Å². The van der Waals surface area contributed by atoms with Crippen molar-refractivity contribution in [2.24, 2.45) is 0 Å². The first-order chi connectivity index (χ1) is 46.2. The van der Waals surface area contributed by atoms with Gasteiger partial charge in [-0.15, -0.1) is 0 Å². The molecule has 1 atom stereocenters. The molecule has 0 aliphatic carbocycles. The lowest BCUT2D eigenvalue weighted by Crippen LogP contribution is -2.50. The smallest absolute Gasteiger partial charge is 0.0207 e. The van der Waals surface area contributed by atoms with Crippen molar-refractivity contribution in [1.82, 2.24) is 24.9 Å². The molecule has 0 aromatic carbocycles. The summed E-state index contributed by atoms with van der Waals surface area (Å²) in [6.07, 6.45) is 106. The van der Waals surface area contributed by atoms with Gasteiger partial charge in [0.25, 0.3) is 0 Å². The molecular formula is C88H169N5. The first-order valence-electron chi connectivity index (χ1n) is 42.7. The van der Waals surface area contributed by atoms with E-state index in [4.69, 9.17) is 0 Å². The van der Waals surface area contributed by atoms with E-state index in [-0.39, 0.29) is 0 Å². The van der Waals surface area contributed by atoms with Crippen molar-refractivity contribution >= 4 is 0 Å². The van der Waals surface area contributed by atoms with Gasteiger partial charge < -0.3 is 20.0 Å². The van der Waals surface area contributed by atoms with E-state index in [0.29, 0.717) is 6.04 Å². The first-order valence-corrected chi connectivity index (χ1v) is 42.7. The zero-order valence-electron chi connectivity index (χ0n) is 64.3. The number of nitrogens with one attached hydrogen (secondary N) is 1. The van der Waals surface area contributed by atoms with Gasteiger partial charge in [-0.1, -0.05) is 339 Å². The predicted octanol–water partition coefficient (Wildman–Crippen LogP) is 26.8. The summed E-state index contributed by atoms with van der Waals surface area (Å²) in [5, 5.41) is 4.26. The zero-order chi connectivity index (χ0) is 66.6. The molecule has 5 nitrogen and oxygen atoms in total. The molecule has 0 aromatic heterocycles. The molecule has 0 saturated carbocycles. The van der Waals surface area contributed by atoms with Gasteiger partial charge in [0.05, 0.1) is 0 Å². The van der Waals surface area contributed by atoms with E-state index in [1.807, 2.05) is 0 Å². The third kappa shape index (κ3) is 68.6. The quantitative estimate of drug-likeness (QED) is 0.0483. The van der Waals surface area contributed by atoms with Crippen molar-refractivity contribution in [2.75, 3.05) is 85.1 Å². The average molecular weight is 1300 g/mol. The number of piperazine rings is 1. The molecule has 1 heterocycles. The molecule has 1 fully saturated rings. The third-order valence-corrected chi connectivity index (χ3v) is 20.3. The lowest BCUT2D eigenvalue weighted by molar-refractivity contribution is 0.112. The largest absolute Gasteiger partial charge is 0.313 e. The van der Waals surface area contributed by atoms with Crippen molar-refractivity contribution in [2.45, 2.75) is 407 Å². The average Bonchev–Trinajstić information content (AvgIpc) is 3.11. The summed E-state index contributed by atoms with van der Waals surface area (Å²) in [4.78, 5) is 11.5. The van der Waals surface area contributed by atoms with Gasteiger partial charge in [0, 0.05) is 51.9 Å². The Hall–Kier alpha value is -1.76. The van der Waals surface area contributed by atoms with Crippen LogP contribution in [0.15, 0.2) is 72.9 Å². The van der Waals surface area contributed by atoms with E-state index in [2.05, 4.69) is 132 Å². The molecule has 546 valence electrons. The summed E-state index contributed by atoms with van der Waals surface area (Å²) in [7, 11) is 0. The van der Waals surface area contributed by atoms with Crippen LogP contribution >= 0.6 is 0 Å². The molecule has 1 unspecified atom stereocenters. The molecule has 1 aliphatic rings. The minimum atomic E-state index is 0.584. The van der Waals surface area contributed by atoms with E-state index in [0.717, 1.165) is 19.3 Å². The molecule has 1 saturated heterocycles. The summed E-state index contributed by atoms with van der Waals surface area (Å²) in [6.45, 7) is 28.0. The van der Waals surface area contributed by atoms with Crippen molar-refractivity contribution in [3.05, 3.63) is 72.9 Å². The highest BCUT2D eigenvalue weighted by Gasteiger charge is 2.21. The van der Waals surface area contributed by atoms with Crippen LogP contribution in [-0.2, 0) is 0 Å². The Balaban J connectivity index is 2.89. The van der Waals surface area contributed by atoms with Crippen LogP contribution in [0.2, 0.25) is 0 Å². The maximum Gasteiger partial charge on any atom is 0.0207 e. The lowest BCUT2D eigenvalue weighted by Gasteiger charge is -2.37. The summed E-state index contributed by atoms with van der Waals surface area (Å²) < 4.78 is 0. The van der Waals surface area contributed by atoms with Crippen LogP contribution in [-0.4, -0.2) is 111 Å². The topological polar surface area (TPSA) is 25.0 Å². The van der Waals surface area contributed by atoms with Crippen molar-refractivity contribution in [3.63, 3.8) is 0 Å². The highest BCUT2D eigenvalue weighted by molar-refractivity contribution is 4.95. The number of hydrogen-bond acceptors (Lipinski definition) is 5. The third-order valence-electron chi connectivity index (χ3n) is 20.3. The normalized spacial score (nSPS) is 14.2. The van der Waals surface area contributed by atoms with Crippen molar-refractivity contribution < 1.29 is 0 Å². The van der Waals surface area contributed by atoms with Gasteiger partial charge in [-0.25, -0.2) is 0 Å². The molecule has 0 amide bonds. The van der Waals surface area contributed by atoms with E-state index in [9.17, 15) is 0 Å². The summed E-state index contributed by atoms with van der Waals surface area (Å²) >= 11 is 0. The minimum Gasteiger partial charge on any atom is -0.313 e. The van der Waals surface area contributed by atoms with Gasteiger partial charge >= 0.3 is 0 Å². The van der Waals surface area contributed by atoms with Gasteiger partial charge in [0.1, 0.15) is 0 Å². The molecule has 0 bridgehead atoms. The molecule has 1 rings (SSSR count). The first kappa shape index (κ1) is 89.3. The molecule has 0 radical (unpaired) electrons. The predicted molar refractivity (Wildman–Crippen MR) is 424 cm³/mol. The van der Waals surface area contributed by atoms with Crippen LogP contribution in [0.1, 0.15) is 401 Å². The van der Waals surface area contributed by atoms with Crippen LogP contribution in [0.25, 0.3) is 0 Å². The molecule has 1 aliphatic heterocycles. The maximum absolute atomic E-state index is 4.26. The fourth-order valence-corrected chi connectivity index (χ4v) is 13.8. The molecule has 0 aromatic rings. The number of rotatable bonds is 76. The molecular weight excluding hydrogens is 1130 g/mol. The van der Waals surface area contributed by atoms with Gasteiger partial charge in [-0.3, -0.25) is 4.90 Å². The second-order valence-electron chi connectivity index (χ2n) is 29.4. The second-order valence-corrected chi connectivity index (χ2v) is 29.4. The SMILES string of the molecule is CCCCC/C=C\C/C=C\CCCCCCCCNC(CCN1CCN(CCN(CCCCCCCCCCCC)CCCCCCCCCCCC)CC1)CN(CCCCCCCC/C=C\C/C=C\CCCCC)CCCCCCCC/C=C\C/C=C\CCCCC. The monoisotopic (exact) mass is 1300 g/mol. The Morgan fingerprint density at radius 3 is 0.828 bits per heavy atom. The highest BCUT2D eigenvalue weighted by atomic mass is 15.3. The van der Waals surface area contributed by atoms with Gasteiger partial charge in [0.15, 0.2) is 0 Å².